The first-order valence-corrected chi connectivity index (χ1v) is 21.5. The summed E-state index contributed by atoms with van der Waals surface area (Å²) in [7, 11) is 0.897. The molecule has 0 amide bonds. The van der Waals surface area contributed by atoms with Gasteiger partial charge >= 0.3 is 5.97 Å². The van der Waals surface area contributed by atoms with Crippen LogP contribution in [-0.4, -0.2) is 50.5 Å². The molecule has 0 aromatic heterocycles. The molecule has 0 heterocycles. The fourth-order valence-electron chi connectivity index (χ4n) is 4.72. The molecule has 0 radical (unpaired) electrons. The molecule has 2 aromatic rings. The Balaban J connectivity index is 2.13. The van der Waals surface area contributed by atoms with Gasteiger partial charge in [0.2, 0.25) is 5.75 Å². The van der Waals surface area contributed by atoms with Crippen LogP contribution in [0.4, 0.5) is 0 Å². The lowest BCUT2D eigenvalue weighted by atomic mass is 9.87. The topological polar surface area (TPSA) is 72.5 Å². The molecular weight excluding hydrogens is 565 g/mol. The van der Waals surface area contributed by atoms with E-state index >= 15 is 0 Å². The standard InChI is InChI=1S/C33H52O7Si2/c1-23(2)26-18-16-24(3)31(33(39-41(7,8)9)40-42(10,11)12)27(26)15-13-14-20-38-30(34)19-17-25-21-28(35-4)32(37-6)29(22-25)36-5/h16-19,21-23,33H,13-15,20H2,1-12H3. The Bertz CT molecular complexity index is 1170. The van der Waals surface area contributed by atoms with Crippen molar-refractivity contribution >= 4 is 28.7 Å². The van der Waals surface area contributed by atoms with Crippen LogP contribution in [0.5, 0.6) is 17.2 Å². The summed E-state index contributed by atoms with van der Waals surface area (Å²) in [5.41, 5.74) is 5.74. The van der Waals surface area contributed by atoms with E-state index in [9.17, 15) is 4.79 Å². The highest BCUT2D eigenvalue weighted by Gasteiger charge is 2.31. The van der Waals surface area contributed by atoms with Crippen LogP contribution in [0.1, 0.15) is 66.7 Å². The fourth-order valence-corrected chi connectivity index (χ4v) is 6.43. The Morgan fingerprint density at radius 3 is 1.90 bits per heavy atom. The van der Waals surface area contributed by atoms with Crippen LogP contribution in [0.25, 0.3) is 6.08 Å². The third-order valence-corrected chi connectivity index (χ3v) is 8.40. The number of hydrogen-bond donors (Lipinski definition) is 0. The quantitative estimate of drug-likeness (QED) is 0.0616. The first-order valence-electron chi connectivity index (χ1n) is 14.7. The van der Waals surface area contributed by atoms with Gasteiger partial charge < -0.3 is 27.8 Å². The van der Waals surface area contributed by atoms with Gasteiger partial charge in [0.1, 0.15) is 0 Å². The lowest BCUT2D eigenvalue weighted by Crippen LogP contribution is -2.36. The van der Waals surface area contributed by atoms with Gasteiger partial charge in [0.25, 0.3) is 0 Å². The van der Waals surface area contributed by atoms with E-state index in [1.54, 1.807) is 39.5 Å². The van der Waals surface area contributed by atoms with Crippen molar-refractivity contribution in [3.8, 4) is 17.2 Å². The van der Waals surface area contributed by atoms with Gasteiger partial charge in [-0.3, -0.25) is 0 Å². The maximum Gasteiger partial charge on any atom is 0.330 e. The second-order valence-electron chi connectivity index (χ2n) is 12.7. The van der Waals surface area contributed by atoms with Crippen molar-refractivity contribution < 1.29 is 32.6 Å². The average molecular weight is 617 g/mol. The van der Waals surface area contributed by atoms with E-state index < -0.39 is 22.6 Å². The van der Waals surface area contributed by atoms with Crippen molar-refractivity contribution in [2.45, 2.75) is 91.5 Å². The minimum atomic E-state index is -1.89. The van der Waals surface area contributed by atoms with Gasteiger partial charge in [-0.25, -0.2) is 4.79 Å². The van der Waals surface area contributed by atoms with Gasteiger partial charge in [0.15, 0.2) is 34.4 Å². The average Bonchev–Trinajstić information content (AvgIpc) is 2.88. The van der Waals surface area contributed by atoms with Gasteiger partial charge in [-0.2, -0.15) is 0 Å². The number of carbonyl (C=O) groups excluding carboxylic acids is 1. The molecule has 234 valence electrons. The maximum absolute atomic E-state index is 12.5. The van der Waals surface area contributed by atoms with Crippen LogP contribution >= 0.6 is 0 Å². The van der Waals surface area contributed by atoms with Crippen LogP contribution in [0.3, 0.4) is 0 Å². The normalized spacial score (nSPS) is 12.3. The minimum absolute atomic E-state index is 0.344. The SMILES string of the molecule is COc1cc(C=CC(=O)OCCCCc2c(C(C)C)ccc(C)c2C(O[Si](C)(C)C)O[Si](C)(C)C)cc(OC)c1OC. The summed E-state index contributed by atoms with van der Waals surface area (Å²) in [5.74, 6) is 1.53. The summed E-state index contributed by atoms with van der Waals surface area (Å²) < 4.78 is 35.0. The molecule has 2 rings (SSSR count). The summed E-state index contributed by atoms with van der Waals surface area (Å²) in [5, 5.41) is 0. The molecule has 0 saturated carbocycles. The van der Waals surface area contributed by atoms with Gasteiger partial charge in [-0.1, -0.05) is 26.0 Å². The maximum atomic E-state index is 12.5. The van der Waals surface area contributed by atoms with Crippen molar-refractivity contribution in [3.05, 3.63) is 58.2 Å². The van der Waals surface area contributed by atoms with Crippen molar-refractivity contribution in [2.24, 2.45) is 0 Å². The summed E-state index contributed by atoms with van der Waals surface area (Å²) in [6.45, 7) is 20.2. The van der Waals surface area contributed by atoms with Crippen LogP contribution in [0, 0.1) is 6.92 Å². The zero-order chi connectivity index (χ0) is 31.7. The molecule has 0 bridgehead atoms. The number of hydrogen-bond acceptors (Lipinski definition) is 7. The van der Waals surface area contributed by atoms with Gasteiger partial charge in [-0.15, -0.1) is 0 Å². The third kappa shape index (κ3) is 10.9. The van der Waals surface area contributed by atoms with Crippen molar-refractivity contribution in [2.75, 3.05) is 27.9 Å². The number of methoxy groups -OCH3 is 3. The smallest absolute Gasteiger partial charge is 0.330 e. The molecule has 0 aliphatic rings. The van der Waals surface area contributed by atoms with Gasteiger partial charge in [0.05, 0.1) is 27.9 Å². The van der Waals surface area contributed by atoms with Gasteiger partial charge in [0, 0.05) is 11.6 Å². The van der Waals surface area contributed by atoms with Crippen LogP contribution in [0.2, 0.25) is 39.3 Å². The molecule has 0 aliphatic heterocycles. The predicted molar refractivity (Wildman–Crippen MR) is 176 cm³/mol. The molecule has 7 nitrogen and oxygen atoms in total. The molecule has 0 N–H and O–H groups in total. The first kappa shape index (κ1) is 35.6. The second kappa shape index (κ2) is 15.8. The van der Waals surface area contributed by atoms with Gasteiger partial charge in [-0.05, 0) is 112 Å². The Hall–Kier alpha value is -2.60. The number of rotatable bonds is 16. The largest absolute Gasteiger partial charge is 0.493 e. The summed E-state index contributed by atoms with van der Waals surface area (Å²) in [4.78, 5) is 12.5. The van der Waals surface area contributed by atoms with Crippen molar-refractivity contribution in [1.82, 2.24) is 0 Å². The highest BCUT2D eigenvalue weighted by molar-refractivity contribution is 6.70. The molecule has 42 heavy (non-hydrogen) atoms. The minimum Gasteiger partial charge on any atom is -0.493 e. The van der Waals surface area contributed by atoms with E-state index in [0.29, 0.717) is 29.8 Å². The van der Waals surface area contributed by atoms with Crippen molar-refractivity contribution in [1.29, 1.82) is 0 Å². The molecule has 0 spiro atoms. The molecule has 2 aromatic carbocycles. The lowest BCUT2D eigenvalue weighted by molar-refractivity contribution is -0.137. The molecule has 0 saturated heterocycles. The Morgan fingerprint density at radius 1 is 0.857 bits per heavy atom. The molecule has 0 fully saturated rings. The number of aryl methyl sites for hydroxylation is 1. The summed E-state index contributed by atoms with van der Waals surface area (Å²) in [6, 6.07) is 8.00. The Morgan fingerprint density at radius 2 is 1.43 bits per heavy atom. The fraction of sp³-hybridized carbons (Fsp3) is 0.545. The third-order valence-electron chi connectivity index (χ3n) is 6.55. The van der Waals surface area contributed by atoms with E-state index in [1.165, 1.54) is 28.3 Å². The molecular formula is C33H52O7Si2. The number of carbonyl (C=O) groups is 1. The van der Waals surface area contributed by atoms with Crippen LogP contribution in [0.15, 0.2) is 30.3 Å². The number of esters is 1. The number of benzene rings is 2. The number of unbranched alkanes of at least 4 members (excludes halogenated alkanes) is 1. The lowest BCUT2D eigenvalue weighted by Gasteiger charge is -2.34. The summed E-state index contributed by atoms with van der Waals surface area (Å²) >= 11 is 0. The second-order valence-corrected chi connectivity index (χ2v) is 21.6. The highest BCUT2D eigenvalue weighted by Crippen LogP contribution is 2.39. The van der Waals surface area contributed by atoms with E-state index in [0.717, 1.165) is 24.8 Å². The highest BCUT2D eigenvalue weighted by atomic mass is 28.4. The van der Waals surface area contributed by atoms with E-state index in [4.69, 9.17) is 27.8 Å². The van der Waals surface area contributed by atoms with Crippen LogP contribution in [-0.2, 0) is 24.8 Å². The monoisotopic (exact) mass is 616 g/mol. The summed E-state index contributed by atoms with van der Waals surface area (Å²) in [6.07, 6.45) is 5.23. The molecule has 9 heteroatoms. The molecule has 0 aliphatic carbocycles. The zero-order valence-corrected chi connectivity index (χ0v) is 29.8. The number of ether oxygens (including phenoxy) is 4. The first-order chi connectivity index (χ1) is 19.6. The predicted octanol–water partition coefficient (Wildman–Crippen LogP) is 8.43. The van der Waals surface area contributed by atoms with Crippen LogP contribution < -0.4 is 14.2 Å². The van der Waals surface area contributed by atoms with Crippen molar-refractivity contribution in [3.63, 3.8) is 0 Å². The molecule has 0 unspecified atom stereocenters. The Kier molecular flexibility index (Phi) is 13.4. The zero-order valence-electron chi connectivity index (χ0n) is 27.8. The van der Waals surface area contributed by atoms with E-state index in [-0.39, 0.29) is 6.29 Å². The van der Waals surface area contributed by atoms with E-state index in [2.05, 4.69) is 72.2 Å². The Labute approximate surface area is 255 Å². The molecule has 0 atom stereocenters. The van der Waals surface area contributed by atoms with E-state index in [1.807, 2.05) is 0 Å².